The fraction of sp³-hybridized carbons (Fsp3) is 0.333. The quantitative estimate of drug-likeness (QED) is 0.904. The summed E-state index contributed by atoms with van der Waals surface area (Å²) in [5.74, 6) is 0.0307. The monoisotopic (exact) mass is 348 g/mol. The third-order valence-corrected chi connectivity index (χ3v) is 4.22. The molecule has 2 heterocycles. The highest BCUT2D eigenvalue weighted by molar-refractivity contribution is 9.10. The molecule has 0 bridgehead atoms. The van der Waals surface area contributed by atoms with E-state index in [0.717, 1.165) is 36.1 Å². The second kappa shape index (κ2) is 5.99. The number of likely N-dealkylation sites (tertiary alicyclic amines) is 1. The first-order chi connectivity index (χ1) is 10.1. The van der Waals surface area contributed by atoms with Gasteiger partial charge in [0.15, 0.2) is 0 Å². The summed E-state index contributed by atoms with van der Waals surface area (Å²) >= 11 is 3.44. The standard InChI is InChI=1S/C15H17BrN4O/c16-12-2-1-3-14(8-12)20-10-11(9-18-20)15(21)19-6-4-13(17)5-7-19/h1-3,8-10,13H,4-7,17H2. The van der Waals surface area contributed by atoms with Crippen molar-refractivity contribution in [1.82, 2.24) is 14.7 Å². The Labute approximate surface area is 131 Å². The number of benzene rings is 1. The summed E-state index contributed by atoms with van der Waals surface area (Å²) in [6.45, 7) is 1.45. The van der Waals surface area contributed by atoms with Crippen molar-refractivity contribution in [2.75, 3.05) is 13.1 Å². The van der Waals surface area contributed by atoms with Crippen LogP contribution in [0.1, 0.15) is 23.2 Å². The van der Waals surface area contributed by atoms with Crippen molar-refractivity contribution in [2.45, 2.75) is 18.9 Å². The van der Waals surface area contributed by atoms with Crippen LogP contribution >= 0.6 is 15.9 Å². The van der Waals surface area contributed by atoms with Crippen LogP contribution in [-0.4, -0.2) is 39.7 Å². The zero-order valence-electron chi connectivity index (χ0n) is 11.6. The van der Waals surface area contributed by atoms with E-state index in [9.17, 15) is 4.79 Å². The largest absolute Gasteiger partial charge is 0.338 e. The zero-order chi connectivity index (χ0) is 14.8. The lowest BCUT2D eigenvalue weighted by molar-refractivity contribution is 0.0715. The molecule has 1 fully saturated rings. The summed E-state index contributed by atoms with van der Waals surface area (Å²) in [5.41, 5.74) is 7.41. The summed E-state index contributed by atoms with van der Waals surface area (Å²) in [4.78, 5) is 14.3. The third-order valence-electron chi connectivity index (χ3n) is 3.73. The molecule has 0 aliphatic carbocycles. The minimum Gasteiger partial charge on any atom is -0.338 e. The van der Waals surface area contributed by atoms with E-state index in [-0.39, 0.29) is 11.9 Å². The molecule has 1 aromatic heterocycles. The molecule has 3 rings (SSSR count). The van der Waals surface area contributed by atoms with Crippen molar-refractivity contribution < 1.29 is 4.79 Å². The van der Waals surface area contributed by atoms with Crippen molar-refractivity contribution in [2.24, 2.45) is 5.73 Å². The predicted molar refractivity (Wildman–Crippen MR) is 84.4 cm³/mol. The van der Waals surface area contributed by atoms with E-state index in [1.807, 2.05) is 29.2 Å². The molecule has 2 aromatic rings. The molecule has 0 unspecified atom stereocenters. The summed E-state index contributed by atoms with van der Waals surface area (Å²) in [7, 11) is 0. The maximum Gasteiger partial charge on any atom is 0.257 e. The highest BCUT2D eigenvalue weighted by Crippen LogP contribution is 2.17. The molecule has 0 saturated carbocycles. The number of hydrogen-bond acceptors (Lipinski definition) is 3. The Balaban J connectivity index is 1.77. The second-order valence-electron chi connectivity index (χ2n) is 5.28. The van der Waals surface area contributed by atoms with Crippen LogP contribution in [-0.2, 0) is 0 Å². The van der Waals surface area contributed by atoms with Gasteiger partial charge in [-0.15, -0.1) is 0 Å². The number of hydrogen-bond donors (Lipinski definition) is 1. The van der Waals surface area contributed by atoms with Crippen molar-refractivity contribution in [3.8, 4) is 5.69 Å². The molecule has 1 aliphatic heterocycles. The molecule has 2 N–H and O–H groups in total. The fourth-order valence-corrected chi connectivity index (χ4v) is 2.87. The first kappa shape index (κ1) is 14.3. The first-order valence-electron chi connectivity index (χ1n) is 6.99. The van der Waals surface area contributed by atoms with Gasteiger partial charge in [0.2, 0.25) is 0 Å². The molecule has 0 atom stereocenters. The van der Waals surface area contributed by atoms with E-state index in [4.69, 9.17) is 5.73 Å². The normalized spacial score (nSPS) is 16.2. The van der Waals surface area contributed by atoms with Gasteiger partial charge in [0.1, 0.15) is 0 Å². The highest BCUT2D eigenvalue weighted by atomic mass is 79.9. The summed E-state index contributed by atoms with van der Waals surface area (Å²) in [6, 6.07) is 8.02. The van der Waals surface area contributed by atoms with Gasteiger partial charge >= 0.3 is 0 Å². The topological polar surface area (TPSA) is 64.2 Å². The van der Waals surface area contributed by atoms with Crippen LogP contribution in [0.4, 0.5) is 0 Å². The molecule has 6 heteroatoms. The number of rotatable bonds is 2. The van der Waals surface area contributed by atoms with Gasteiger partial charge in [-0.3, -0.25) is 4.79 Å². The van der Waals surface area contributed by atoms with E-state index in [0.29, 0.717) is 5.56 Å². The van der Waals surface area contributed by atoms with Crippen LogP contribution in [0.3, 0.4) is 0 Å². The SMILES string of the molecule is NC1CCN(C(=O)c2cnn(-c3cccc(Br)c3)c2)CC1. The number of piperidine rings is 1. The molecule has 110 valence electrons. The number of nitrogens with two attached hydrogens (primary N) is 1. The van der Waals surface area contributed by atoms with Gasteiger partial charge in [-0.1, -0.05) is 22.0 Å². The lowest BCUT2D eigenvalue weighted by Crippen LogP contribution is -2.42. The number of halogens is 1. The fourth-order valence-electron chi connectivity index (χ4n) is 2.48. The summed E-state index contributed by atoms with van der Waals surface area (Å²) in [5, 5.41) is 4.28. The Kier molecular flexibility index (Phi) is 4.07. The Hall–Kier alpha value is -1.66. The van der Waals surface area contributed by atoms with E-state index >= 15 is 0 Å². The van der Waals surface area contributed by atoms with Crippen molar-refractivity contribution in [3.05, 3.63) is 46.7 Å². The average Bonchev–Trinajstić information content (AvgIpc) is 2.97. The molecule has 1 aliphatic rings. The third kappa shape index (κ3) is 3.16. The van der Waals surface area contributed by atoms with Crippen molar-refractivity contribution in [3.63, 3.8) is 0 Å². The number of carbonyl (C=O) groups is 1. The molecular weight excluding hydrogens is 332 g/mol. The molecule has 1 saturated heterocycles. The zero-order valence-corrected chi connectivity index (χ0v) is 13.2. The minimum absolute atomic E-state index is 0.0307. The van der Waals surface area contributed by atoms with E-state index < -0.39 is 0 Å². The lowest BCUT2D eigenvalue weighted by atomic mass is 10.1. The molecule has 0 radical (unpaired) electrons. The van der Waals surface area contributed by atoms with E-state index in [1.165, 1.54) is 0 Å². The van der Waals surface area contributed by atoms with Gasteiger partial charge in [0.05, 0.1) is 17.4 Å². The number of aromatic nitrogens is 2. The van der Waals surface area contributed by atoms with Gasteiger partial charge in [-0.2, -0.15) is 5.10 Å². The van der Waals surface area contributed by atoms with Gasteiger partial charge < -0.3 is 10.6 Å². The maximum absolute atomic E-state index is 12.4. The molecule has 0 spiro atoms. The Morgan fingerprint density at radius 2 is 2.10 bits per heavy atom. The van der Waals surface area contributed by atoms with Crippen LogP contribution in [0.5, 0.6) is 0 Å². The van der Waals surface area contributed by atoms with Crippen LogP contribution < -0.4 is 5.73 Å². The van der Waals surface area contributed by atoms with Gasteiger partial charge in [-0.05, 0) is 31.0 Å². The average molecular weight is 349 g/mol. The molecular formula is C15H17BrN4O. The van der Waals surface area contributed by atoms with E-state index in [1.54, 1.807) is 17.1 Å². The van der Waals surface area contributed by atoms with Crippen LogP contribution in [0.2, 0.25) is 0 Å². The highest BCUT2D eigenvalue weighted by Gasteiger charge is 2.22. The summed E-state index contributed by atoms with van der Waals surface area (Å²) < 4.78 is 2.70. The van der Waals surface area contributed by atoms with Crippen molar-refractivity contribution in [1.29, 1.82) is 0 Å². The first-order valence-corrected chi connectivity index (χ1v) is 7.78. The van der Waals surface area contributed by atoms with Gasteiger partial charge in [0.25, 0.3) is 5.91 Å². The molecule has 1 aromatic carbocycles. The lowest BCUT2D eigenvalue weighted by Gasteiger charge is -2.29. The Bertz CT molecular complexity index is 647. The van der Waals surface area contributed by atoms with Gasteiger partial charge in [0, 0.05) is 29.8 Å². The molecule has 21 heavy (non-hydrogen) atoms. The second-order valence-corrected chi connectivity index (χ2v) is 6.20. The number of carbonyl (C=O) groups excluding carboxylic acids is 1. The summed E-state index contributed by atoms with van der Waals surface area (Å²) in [6.07, 6.45) is 5.13. The van der Waals surface area contributed by atoms with Crippen LogP contribution in [0, 0.1) is 0 Å². The number of nitrogens with zero attached hydrogens (tertiary/aromatic N) is 3. The van der Waals surface area contributed by atoms with Crippen LogP contribution in [0.15, 0.2) is 41.1 Å². The van der Waals surface area contributed by atoms with Crippen LogP contribution in [0.25, 0.3) is 5.69 Å². The maximum atomic E-state index is 12.4. The van der Waals surface area contributed by atoms with Crippen molar-refractivity contribution >= 4 is 21.8 Å². The van der Waals surface area contributed by atoms with Gasteiger partial charge in [-0.25, -0.2) is 4.68 Å². The Morgan fingerprint density at radius 3 is 2.81 bits per heavy atom. The minimum atomic E-state index is 0.0307. The molecule has 1 amide bonds. The number of amides is 1. The predicted octanol–water partition coefficient (Wildman–Crippen LogP) is 2.20. The Morgan fingerprint density at radius 1 is 1.33 bits per heavy atom. The smallest absolute Gasteiger partial charge is 0.257 e. The van der Waals surface area contributed by atoms with E-state index in [2.05, 4.69) is 21.0 Å². The molecule has 5 nitrogen and oxygen atoms in total.